The van der Waals surface area contributed by atoms with Gasteiger partial charge in [0.25, 0.3) is 0 Å². The highest BCUT2D eigenvalue weighted by Gasteiger charge is 2.28. The zero-order valence-corrected chi connectivity index (χ0v) is 10.6. The molecule has 0 fully saturated rings. The third kappa shape index (κ3) is 2.51. The van der Waals surface area contributed by atoms with Gasteiger partial charge in [-0.1, -0.05) is 32.0 Å². The molecular formula is C15H20O2. The number of fused-ring (bicyclic) bond motifs is 1. The fraction of sp³-hybridized carbons (Fsp3) is 0.533. The van der Waals surface area contributed by atoms with Crippen molar-refractivity contribution in [2.24, 2.45) is 0 Å². The number of rotatable bonds is 3. The van der Waals surface area contributed by atoms with Crippen LogP contribution in [0.1, 0.15) is 49.8 Å². The lowest BCUT2D eigenvalue weighted by Gasteiger charge is -2.29. The number of carbonyl (C=O) groups is 1. The molecule has 2 rings (SSSR count). The Morgan fingerprint density at radius 2 is 2.00 bits per heavy atom. The van der Waals surface area contributed by atoms with Crippen molar-refractivity contribution < 1.29 is 9.90 Å². The standard InChI is InChI=1S/C15H20O2/c1-15(2,10-14(16)17)13-9-5-7-11-6-3-4-8-12(11)13/h5,7,9H,3-4,6,8,10H2,1-2H3,(H,16,17). The molecule has 92 valence electrons. The van der Waals surface area contributed by atoms with Gasteiger partial charge in [-0.3, -0.25) is 4.79 Å². The topological polar surface area (TPSA) is 37.3 Å². The van der Waals surface area contributed by atoms with Crippen molar-refractivity contribution in [2.45, 2.75) is 51.4 Å². The monoisotopic (exact) mass is 232 g/mol. The van der Waals surface area contributed by atoms with E-state index >= 15 is 0 Å². The van der Waals surface area contributed by atoms with E-state index in [0.717, 1.165) is 12.8 Å². The van der Waals surface area contributed by atoms with Crippen molar-refractivity contribution >= 4 is 5.97 Å². The van der Waals surface area contributed by atoms with E-state index < -0.39 is 5.97 Å². The molecule has 0 spiro atoms. The fourth-order valence-corrected chi connectivity index (χ4v) is 2.89. The van der Waals surface area contributed by atoms with E-state index in [2.05, 4.69) is 18.2 Å². The molecule has 0 atom stereocenters. The average molecular weight is 232 g/mol. The molecule has 0 saturated carbocycles. The van der Waals surface area contributed by atoms with E-state index in [4.69, 9.17) is 5.11 Å². The summed E-state index contributed by atoms with van der Waals surface area (Å²) in [6.45, 7) is 4.07. The van der Waals surface area contributed by atoms with Gasteiger partial charge in [0, 0.05) is 5.41 Å². The Labute approximate surface area is 103 Å². The molecule has 1 N–H and O–H groups in total. The van der Waals surface area contributed by atoms with E-state index in [1.165, 1.54) is 29.5 Å². The summed E-state index contributed by atoms with van der Waals surface area (Å²) >= 11 is 0. The lowest BCUT2D eigenvalue weighted by Crippen LogP contribution is -2.24. The van der Waals surface area contributed by atoms with Gasteiger partial charge in [0.2, 0.25) is 0 Å². The molecule has 1 aromatic rings. The highest BCUT2D eigenvalue weighted by atomic mass is 16.4. The molecule has 2 heteroatoms. The second-order valence-corrected chi connectivity index (χ2v) is 5.60. The molecule has 0 bridgehead atoms. The average Bonchev–Trinajstić information content (AvgIpc) is 2.26. The number of carboxylic acids is 1. The van der Waals surface area contributed by atoms with Crippen molar-refractivity contribution in [1.29, 1.82) is 0 Å². The van der Waals surface area contributed by atoms with Gasteiger partial charge in [0.1, 0.15) is 0 Å². The van der Waals surface area contributed by atoms with Crippen LogP contribution in [0.2, 0.25) is 0 Å². The van der Waals surface area contributed by atoms with Crippen molar-refractivity contribution in [3.63, 3.8) is 0 Å². The Hall–Kier alpha value is -1.31. The predicted molar refractivity (Wildman–Crippen MR) is 68.4 cm³/mol. The van der Waals surface area contributed by atoms with E-state index in [0.29, 0.717) is 0 Å². The van der Waals surface area contributed by atoms with Crippen LogP contribution in [0.3, 0.4) is 0 Å². The first-order chi connectivity index (χ1) is 8.00. The molecule has 0 saturated heterocycles. The Bertz CT molecular complexity index is 433. The van der Waals surface area contributed by atoms with Crippen LogP contribution in [0, 0.1) is 0 Å². The lowest BCUT2D eigenvalue weighted by molar-refractivity contribution is -0.138. The second kappa shape index (κ2) is 4.52. The molecule has 1 aliphatic rings. The summed E-state index contributed by atoms with van der Waals surface area (Å²) in [6, 6.07) is 6.37. The summed E-state index contributed by atoms with van der Waals surface area (Å²) < 4.78 is 0. The zero-order valence-electron chi connectivity index (χ0n) is 10.6. The van der Waals surface area contributed by atoms with E-state index in [1.807, 2.05) is 13.8 Å². The van der Waals surface area contributed by atoms with Crippen LogP contribution in [0.25, 0.3) is 0 Å². The summed E-state index contributed by atoms with van der Waals surface area (Å²) in [5.41, 5.74) is 3.79. The van der Waals surface area contributed by atoms with E-state index in [-0.39, 0.29) is 11.8 Å². The van der Waals surface area contributed by atoms with Gasteiger partial charge in [-0.05, 0) is 42.4 Å². The van der Waals surface area contributed by atoms with Gasteiger partial charge in [-0.15, -0.1) is 0 Å². The normalized spacial score (nSPS) is 15.4. The molecule has 2 nitrogen and oxygen atoms in total. The molecular weight excluding hydrogens is 212 g/mol. The predicted octanol–water partition coefficient (Wildman–Crippen LogP) is 3.32. The van der Waals surface area contributed by atoms with Crippen LogP contribution < -0.4 is 0 Å². The third-order valence-corrected chi connectivity index (χ3v) is 3.72. The number of hydrogen-bond acceptors (Lipinski definition) is 1. The quantitative estimate of drug-likeness (QED) is 0.868. The Morgan fingerprint density at radius 1 is 1.29 bits per heavy atom. The minimum atomic E-state index is -0.719. The Balaban J connectivity index is 2.41. The van der Waals surface area contributed by atoms with Crippen molar-refractivity contribution in [3.05, 3.63) is 34.9 Å². The molecule has 0 radical (unpaired) electrons. The highest BCUT2D eigenvalue weighted by molar-refractivity contribution is 5.69. The van der Waals surface area contributed by atoms with E-state index in [9.17, 15) is 4.79 Å². The Morgan fingerprint density at radius 3 is 2.71 bits per heavy atom. The van der Waals surface area contributed by atoms with Crippen molar-refractivity contribution in [1.82, 2.24) is 0 Å². The third-order valence-electron chi connectivity index (χ3n) is 3.72. The van der Waals surface area contributed by atoms with Crippen molar-refractivity contribution in [2.75, 3.05) is 0 Å². The molecule has 17 heavy (non-hydrogen) atoms. The van der Waals surface area contributed by atoms with Gasteiger partial charge in [0.15, 0.2) is 0 Å². The van der Waals surface area contributed by atoms with Crippen LogP contribution in [0.15, 0.2) is 18.2 Å². The maximum Gasteiger partial charge on any atom is 0.304 e. The lowest BCUT2D eigenvalue weighted by atomic mass is 9.75. The van der Waals surface area contributed by atoms with Gasteiger partial charge in [-0.25, -0.2) is 0 Å². The summed E-state index contributed by atoms with van der Waals surface area (Å²) in [5, 5.41) is 9.01. The molecule has 0 heterocycles. The molecule has 1 aromatic carbocycles. The maximum absolute atomic E-state index is 11.0. The van der Waals surface area contributed by atoms with Crippen LogP contribution in [0.4, 0.5) is 0 Å². The SMILES string of the molecule is CC(C)(CC(=O)O)c1cccc2c1CCCC2. The van der Waals surface area contributed by atoms with Gasteiger partial charge in [-0.2, -0.15) is 0 Å². The van der Waals surface area contributed by atoms with Crippen LogP contribution in [-0.2, 0) is 23.1 Å². The van der Waals surface area contributed by atoms with Crippen LogP contribution in [-0.4, -0.2) is 11.1 Å². The first-order valence-corrected chi connectivity index (χ1v) is 6.34. The number of benzene rings is 1. The summed E-state index contributed by atoms with van der Waals surface area (Å²) in [5.74, 6) is -0.719. The first kappa shape index (κ1) is 12.2. The van der Waals surface area contributed by atoms with Gasteiger partial charge < -0.3 is 5.11 Å². The first-order valence-electron chi connectivity index (χ1n) is 6.34. The summed E-state index contributed by atoms with van der Waals surface area (Å²) in [4.78, 5) is 11.0. The van der Waals surface area contributed by atoms with Crippen LogP contribution >= 0.6 is 0 Å². The largest absolute Gasteiger partial charge is 0.481 e. The molecule has 0 unspecified atom stereocenters. The number of carboxylic acid groups (broad SMARTS) is 1. The van der Waals surface area contributed by atoms with Crippen LogP contribution in [0.5, 0.6) is 0 Å². The number of aryl methyl sites for hydroxylation is 1. The van der Waals surface area contributed by atoms with Crippen molar-refractivity contribution in [3.8, 4) is 0 Å². The van der Waals surface area contributed by atoms with Gasteiger partial charge >= 0.3 is 5.97 Å². The molecule has 0 aromatic heterocycles. The minimum absolute atomic E-state index is 0.198. The smallest absolute Gasteiger partial charge is 0.304 e. The summed E-state index contributed by atoms with van der Waals surface area (Å²) in [7, 11) is 0. The highest BCUT2D eigenvalue weighted by Crippen LogP contribution is 2.34. The van der Waals surface area contributed by atoms with E-state index in [1.54, 1.807) is 0 Å². The molecule has 1 aliphatic carbocycles. The molecule has 0 aliphatic heterocycles. The second-order valence-electron chi connectivity index (χ2n) is 5.60. The van der Waals surface area contributed by atoms with Gasteiger partial charge in [0.05, 0.1) is 6.42 Å². The fourth-order valence-electron chi connectivity index (χ4n) is 2.89. The Kier molecular flexibility index (Phi) is 3.23. The summed E-state index contributed by atoms with van der Waals surface area (Å²) in [6.07, 6.45) is 4.94. The minimum Gasteiger partial charge on any atom is -0.481 e. The maximum atomic E-state index is 11.0. The molecule has 0 amide bonds. The number of hydrogen-bond donors (Lipinski definition) is 1. The zero-order chi connectivity index (χ0) is 12.5. The number of aliphatic carboxylic acids is 1.